The lowest BCUT2D eigenvalue weighted by Gasteiger charge is -2.08. The molecule has 1 aliphatic rings. The van der Waals surface area contributed by atoms with Crippen LogP contribution in [-0.2, 0) is 25.5 Å². The fraction of sp³-hybridized carbons (Fsp3) is 0.591. The van der Waals surface area contributed by atoms with Crippen molar-refractivity contribution < 1.29 is 19.1 Å². The maximum atomic E-state index is 11.8. The van der Waals surface area contributed by atoms with Crippen LogP contribution >= 0.6 is 0 Å². The number of ketones is 1. The highest BCUT2D eigenvalue weighted by molar-refractivity contribution is 5.99. The molecule has 1 fully saturated rings. The molecule has 0 aromatic heterocycles. The van der Waals surface area contributed by atoms with Crippen molar-refractivity contribution in [2.45, 2.75) is 76.7 Å². The average molecular weight is 373 g/mol. The average Bonchev–Trinajstić information content (AvgIpc) is 3.05. The molecule has 5 heteroatoms. The van der Waals surface area contributed by atoms with Gasteiger partial charge in [-0.3, -0.25) is 9.59 Å². The summed E-state index contributed by atoms with van der Waals surface area (Å²) in [5.41, 5.74) is 1.41. The first-order chi connectivity index (χ1) is 13.1. The molecule has 0 spiro atoms. The third kappa shape index (κ3) is 8.85. The predicted octanol–water partition coefficient (Wildman–Crippen LogP) is 3.74. The van der Waals surface area contributed by atoms with Gasteiger partial charge < -0.3 is 10.1 Å². The zero-order valence-electron chi connectivity index (χ0n) is 16.1. The highest BCUT2D eigenvalue weighted by Gasteiger charge is 2.28. The standard InChI is InChI=1S/C22H31NO4/c24-19(17-21(25)23-20-15-16-27-22(20)26)14-10-5-3-1-2-4-7-11-18-12-8-6-9-13-18/h6,8-9,12-13,20H,1-5,7,10-11,14-17H2,(H,23,25)/t20-/m0/s1. The number of cyclic esters (lactones) is 1. The summed E-state index contributed by atoms with van der Waals surface area (Å²) in [6, 6.07) is 10.00. The third-order valence-electron chi connectivity index (χ3n) is 4.89. The molecule has 1 amide bonds. The van der Waals surface area contributed by atoms with Crippen molar-refractivity contribution in [3.8, 4) is 0 Å². The van der Waals surface area contributed by atoms with Crippen molar-refractivity contribution in [2.24, 2.45) is 0 Å². The molecule has 1 heterocycles. The first-order valence-electron chi connectivity index (χ1n) is 10.2. The van der Waals surface area contributed by atoms with Crippen LogP contribution in [0.2, 0.25) is 0 Å². The van der Waals surface area contributed by atoms with Crippen LogP contribution in [0.5, 0.6) is 0 Å². The Morgan fingerprint density at radius 3 is 2.30 bits per heavy atom. The number of Topliss-reactive ketones (excluding diaryl/α,β-unsaturated/α-hetero) is 1. The van der Waals surface area contributed by atoms with E-state index in [0.29, 0.717) is 19.4 Å². The summed E-state index contributed by atoms with van der Waals surface area (Å²) in [7, 11) is 0. The lowest BCUT2D eigenvalue weighted by Crippen LogP contribution is -2.38. The van der Waals surface area contributed by atoms with E-state index < -0.39 is 12.0 Å². The number of ether oxygens (including phenoxy) is 1. The van der Waals surface area contributed by atoms with Gasteiger partial charge in [0, 0.05) is 12.8 Å². The van der Waals surface area contributed by atoms with Crippen LogP contribution in [0.3, 0.4) is 0 Å². The molecule has 0 saturated carbocycles. The summed E-state index contributed by atoms with van der Waals surface area (Å²) < 4.78 is 4.78. The van der Waals surface area contributed by atoms with Gasteiger partial charge >= 0.3 is 5.97 Å². The van der Waals surface area contributed by atoms with Gasteiger partial charge in [0.1, 0.15) is 11.8 Å². The lowest BCUT2D eigenvalue weighted by molar-refractivity contribution is -0.142. The van der Waals surface area contributed by atoms with E-state index in [1.54, 1.807) is 0 Å². The first-order valence-corrected chi connectivity index (χ1v) is 10.2. The van der Waals surface area contributed by atoms with Gasteiger partial charge in [-0.2, -0.15) is 0 Å². The van der Waals surface area contributed by atoms with Crippen molar-refractivity contribution in [3.05, 3.63) is 35.9 Å². The third-order valence-corrected chi connectivity index (χ3v) is 4.89. The highest BCUT2D eigenvalue weighted by Crippen LogP contribution is 2.12. The molecule has 148 valence electrons. The molecule has 1 atom stereocenters. The minimum Gasteiger partial charge on any atom is -0.464 e. The Morgan fingerprint density at radius 1 is 0.963 bits per heavy atom. The van der Waals surface area contributed by atoms with Crippen molar-refractivity contribution in [1.82, 2.24) is 5.32 Å². The molecule has 0 radical (unpaired) electrons. The highest BCUT2D eigenvalue weighted by atomic mass is 16.5. The van der Waals surface area contributed by atoms with Crippen LogP contribution < -0.4 is 5.32 Å². The van der Waals surface area contributed by atoms with Gasteiger partial charge in [-0.1, -0.05) is 62.4 Å². The molecule has 0 bridgehead atoms. The molecule has 27 heavy (non-hydrogen) atoms. The zero-order valence-corrected chi connectivity index (χ0v) is 16.1. The minimum absolute atomic E-state index is 0.0540. The molecule has 1 aromatic rings. The second kappa shape index (κ2) is 12.3. The topological polar surface area (TPSA) is 72.5 Å². The summed E-state index contributed by atoms with van der Waals surface area (Å²) in [4.78, 5) is 34.9. The Balaban J connectivity index is 1.40. The Morgan fingerprint density at radius 2 is 1.63 bits per heavy atom. The number of carbonyl (C=O) groups excluding carboxylic acids is 3. The molecule has 1 N–H and O–H groups in total. The van der Waals surface area contributed by atoms with Crippen LogP contribution in [0.1, 0.15) is 69.8 Å². The Labute approximate surface area is 161 Å². The maximum absolute atomic E-state index is 11.8. The predicted molar refractivity (Wildman–Crippen MR) is 104 cm³/mol. The minimum atomic E-state index is -0.577. The molecule has 5 nitrogen and oxygen atoms in total. The molecule has 0 aliphatic carbocycles. The van der Waals surface area contributed by atoms with Crippen LogP contribution in [-0.4, -0.2) is 30.3 Å². The van der Waals surface area contributed by atoms with Crippen LogP contribution in [0.15, 0.2) is 30.3 Å². The molecular formula is C22H31NO4. The van der Waals surface area contributed by atoms with Crippen LogP contribution in [0.4, 0.5) is 0 Å². The fourth-order valence-electron chi connectivity index (χ4n) is 3.32. The SMILES string of the molecule is O=C(CCCCCCCCCc1ccccc1)CC(=O)N[C@H]1CCOC1=O. The number of benzene rings is 1. The van der Waals surface area contributed by atoms with E-state index in [4.69, 9.17) is 4.74 Å². The Bertz CT molecular complexity index is 600. The van der Waals surface area contributed by atoms with E-state index >= 15 is 0 Å². The van der Waals surface area contributed by atoms with Crippen LogP contribution in [0, 0.1) is 0 Å². The summed E-state index contributed by atoms with van der Waals surface area (Å²) in [5.74, 6) is -0.830. The van der Waals surface area contributed by atoms with Gasteiger partial charge in [-0.05, 0) is 24.8 Å². The van der Waals surface area contributed by atoms with Gasteiger partial charge in [0.2, 0.25) is 5.91 Å². The summed E-state index contributed by atoms with van der Waals surface area (Å²) >= 11 is 0. The number of esters is 1. The van der Waals surface area contributed by atoms with Crippen molar-refractivity contribution in [2.75, 3.05) is 6.61 Å². The van der Waals surface area contributed by atoms with E-state index in [0.717, 1.165) is 25.7 Å². The number of hydrogen-bond donors (Lipinski definition) is 1. The molecule has 1 aliphatic heterocycles. The number of unbranched alkanes of at least 4 members (excludes halogenated alkanes) is 6. The monoisotopic (exact) mass is 373 g/mol. The van der Waals surface area contributed by atoms with Gasteiger partial charge in [-0.25, -0.2) is 4.79 Å². The number of aryl methyl sites for hydroxylation is 1. The fourth-order valence-corrected chi connectivity index (χ4v) is 3.32. The smallest absolute Gasteiger partial charge is 0.328 e. The number of nitrogens with one attached hydrogen (secondary N) is 1. The van der Waals surface area contributed by atoms with Gasteiger partial charge in [0.15, 0.2) is 0 Å². The first kappa shape index (κ1) is 21.1. The maximum Gasteiger partial charge on any atom is 0.328 e. The Kier molecular flexibility index (Phi) is 9.60. The molecule has 1 aromatic carbocycles. The van der Waals surface area contributed by atoms with Gasteiger partial charge in [0.25, 0.3) is 0 Å². The van der Waals surface area contributed by atoms with E-state index in [2.05, 4.69) is 29.6 Å². The molecule has 1 saturated heterocycles. The summed E-state index contributed by atoms with van der Waals surface area (Å²) in [5, 5.41) is 2.57. The molecular weight excluding hydrogens is 342 g/mol. The number of hydrogen-bond acceptors (Lipinski definition) is 4. The van der Waals surface area contributed by atoms with Crippen molar-refractivity contribution >= 4 is 17.7 Å². The van der Waals surface area contributed by atoms with E-state index in [1.165, 1.54) is 31.2 Å². The second-order valence-corrected chi connectivity index (χ2v) is 7.25. The summed E-state index contributed by atoms with van der Waals surface area (Å²) in [6.07, 6.45) is 9.86. The van der Waals surface area contributed by atoms with Crippen LogP contribution in [0.25, 0.3) is 0 Å². The van der Waals surface area contributed by atoms with E-state index in [1.807, 2.05) is 6.07 Å². The zero-order chi connectivity index (χ0) is 19.3. The normalized spacial score (nSPS) is 16.1. The van der Waals surface area contributed by atoms with Gasteiger partial charge in [-0.15, -0.1) is 0 Å². The van der Waals surface area contributed by atoms with Crippen molar-refractivity contribution in [3.63, 3.8) is 0 Å². The number of rotatable bonds is 13. The summed E-state index contributed by atoms with van der Waals surface area (Å²) in [6.45, 7) is 0.337. The Hall–Kier alpha value is -2.17. The van der Waals surface area contributed by atoms with E-state index in [-0.39, 0.29) is 18.1 Å². The lowest BCUT2D eigenvalue weighted by atomic mass is 10.0. The van der Waals surface area contributed by atoms with Gasteiger partial charge in [0.05, 0.1) is 13.0 Å². The second-order valence-electron chi connectivity index (χ2n) is 7.25. The largest absolute Gasteiger partial charge is 0.464 e. The van der Waals surface area contributed by atoms with E-state index in [9.17, 15) is 14.4 Å². The number of carbonyl (C=O) groups is 3. The number of amides is 1. The van der Waals surface area contributed by atoms with Crippen molar-refractivity contribution in [1.29, 1.82) is 0 Å². The molecule has 0 unspecified atom stereocenters. The quantitative estimate of drug-likeness (QED) is 0.325. The molecule has 2 rings (SSSR count).